The maximum atomic E-state index is 12.3. The van der Waals surface area contributed by atoms with Gasteiger partial charge in [-0.05, 0) is 31.0 Å². The number of Topliss-reactive ketones (excluding diaryl/α,β-unsaturated/α-hetero) is 1. The summed E-state index contributed by atoms with van der Waals surface area (Å²) in [6.45, 7) is 5.75. The molecule has 0 saturated carbocycles. The molecule has 3 heteroatoms. The minimum Gasteiger partial charge on any atom is -0.316 e. The van der Waals surface area contributed by atoms with Gasteiger partial charge in [0.25, 0.3) is 0 Å². The fourth-order valence-corrected chi connectivity index (χ4v) is 2.49. The zero-order chi connectivity index (χ0) is 12.3. The molecule has 1 aromatic heterocycles. The summed E-state index contributed by atoms with van der Waals surface area (Å²) in [5.41, 5.74) is 2.27. The zero-order valence-corrected chi connectivity index (χ0v) is 10.6. The summed E-state index contributed by atoms with van der Waals surface area (Å²) < 4.78 is 0. The van der Waals surface area contributed by atoms with Crippen molar-refractivity contribution in [2.75, 3.05) is 13.1 Å². The first-order valence-electron chi connectivity index (χ1n) is 6.42. The first kappa shape index (κ1) is 12.2. The van der Waals surface area contributed by atoms with Crippen LogP contribution in [0.15, 0.2) is 18.3 Å². The molecule has 0 saturated heterocycles. The summed E-state index contributed by atoms with van der Waals surface area (Å²) >= 11 is 0. The summed E-state index contributed by atoms with van der Waals surface area (Å²) in [6.07, 6.45) is 3.72. The number of ketones is 1. The molecule has 0 amide bonds. The fraction of sp³-hybridized carbons (Fsp3) is 0.571. The Morgan fingerprint density at radius 1 is 1.65 bits per heavy atom. The van der Waals surface area contributed by atoms with Crippen LogP contribution >= 0.6 is 0 Å². The van der Waals surface area contributed by atoms with Gasteiger partial charge in [-0.1, -0.05) is 19.9 Å². The van der Waals surface area contributed by atoms with Crippen LogP contribution in [0.4, 0.5) is 0 Å². The van der Waals surface area contributed by atoms with E-state index in [1.165, 1.54) is 5.56 Å². The molecule has 0 radical (unpaired) electrons. The van der Waals surface area contributed by atoms with Gasteiger partial charge in [0.05, 0.1) is 11.6 Å². The predicted octanol–water partition coefficient (Wildman–Crippen LogP) is 1.93. The van der Waals surface area contributed by atoms with Gasteiger partial charge in [0, 0.05) is 18.7 Å². The van der Waals surface area contributed by atoms with Crippen LogP contribution in [-0.4, -0.2) is 23.9 Å². The molecule has 2 unspecified atom stereocenters. The maximum absolute atomic E-state index is 12.3. The van der Waals surface area contributed by atoms with Crippen molar-refractivity contribution in [3.63, 3.8) is 0 Å². The van der Waals surface area contributed by atoms with Crippen molar-refractivity contribution in [2.45, 2.75) is 32.6 Å². The molecule has 92 valence electrons. The molecule has 0 bridgehead atoms. The quantitative estimate of drug-likeness (QED) is 0.843. The molecule has 3 nitrogen and oxygen atoms in total. The van der Waals surface area contributed by atoms with Crippen LogP contribution < -0.4 is 5.32 Å². The third-order valence-electron chi connectivity index (χ3n) is 3.49. The van der Waals surface area contributed by atoms with Crippen LogP contribution in [-0.2, 0) is 11.2 Å². The molecular weight excluding hydrogens is 212 g/mol. The smallest absolute Gasteiger partial charge is 0.145 e. The second-order valence-corrected chi connectivity index (χ2v) is 4.75. The molecule has 0 aromatic carbocycles. The molecule has 2 rings (SSSR count). The molecule has 1 aliphatic rings. The molecule has 1 aliphatic carbocycles. The monoisotopic (exact) mass is 232 g/mol. The zero-order valence-electron chi connectivity index (χ0n) is 10.6. The second-order valence-electron chi connectivity index (χ2n) is 4.75. The summed E-state index contributed by atoms with van der Waals surface area (Å²) in [6, 6.07) is 4.04. The third-order valence-corrected chi connectivity index (χ3v) is 3.49. The van der Waals surface area contributed by atoms with Gasteiger partial charge < -0.3 is 5.32 Å². The normalized spacial score (nSPS) is 20.0. The Morgan fingerprint density at radius 2 is 2.47 bits per heavy atom. The highest BCUT2D eigenvalue weighted by atomic mass is 16.1. The van der Waals surface area contributed by atoms with Gasteiger partial charge in [-0.3, -0.25) is 9.78 Å². The number of fused-ring (bicyclic) bond motifs is 1. The lowest BCUT2D eigenvalue weighted by Crippen LogP contribution is -2.29. The van der Waals surface area contributed by atoms with Crippen LogP contribution in [0.5, 0.6) is 0 Å². The van der Waals surface area contributed by atoms with E-state index in [1.807, 2.05) is 13.0 Å². The van der Waals surface area contributed by atoms with Crippen LogP contribution in [0.1, 0.15) is 37.4 Å². The highest BCUT2D eigenvalue weighted by Gasteiger charge is 2.31. The van der Waals surface area contributed by atoms with Crippen molar-refractivity contribution < 1.29 is 4.79 Å². The Kier molecular flexibility index (Phi) is 3.89. The number of hydrogen-bond acceptors (Lipinski definition) is 3. The van der Waals surface area contributed by atoms with Crippen molar-refractivity contribution >= 4 is 5.78 Å². The van der Waals surface area contributed by atoms with Crippen molar-refractivity contribution in [1.29, 1.82) is 0 Å². The van der Waals surface area contributed by atoms with Gasteiger partial charge in [-0.2, -0.15) is 0 Å². The van der Waals surface area contributed by atoms with E-state index >= 15 is 0 Å². The Bertz CT molecular complexity index is 403. The van der Waals surface area contributed by atoms with Crippen molar-refractivity contribution in [3.8, 4) is 0 Å². The highest BCUT2D eigenvalue weighted by molar-refractivity contribution is 5.88. The summed E-state index contributed by atoms with van der Waals surface area (Å²) in [4.78, 5) is 16.7. The fourth-order valence-electron chi connectivity index (χ4n) is 2.49. The molecule has 1 heterocycles. The van der Waals surface area contributed by atoms with E-state index in [4.69, 9.17) is 0 Å². The lowest BCUT2D eigenvalue weighted by molar-refractivity contribution is -0.123. The average Bonchev–Trinajstić information content (AvgIpc) is 2.78. The Labute approximate surface area is 103 Å². The number of carbonyl (C=O) groups excluding carboxylic acids is 1. The Hall–Kier alpha value is -1.22. The van der Waals surface area contributed by atoms with E-state index in [0.717, 1.165) is 31.6 Å². The van der Waals surface area contributed by atoms with E-state index in [-0.39, 0.29) is 11.8 Å². The second kappa shape index (κ2) is 5.41. The number of aromatic nitrogens is 1. The van der Waals surface area contributed by atoms with Crippen molar-refractivity contribution in [2.24, 2.45) is 5.92 Å². The average molecular weight is 232 g/mol. The first-order chi connectivity index (χ1) is 8.24. The Balaban J connectivity index is 2.07. The van der Waals surface area contributed by atoms with Crippen LogP contribution in [0, 0.1) is 5.92 Å². The summed E-state index contributed by atoms with van der Waals surface area (Å²) in [5, 5.41) is 3.24. The number of aryl methyl sites for hydroxylation is 1. The van der Waals surface area contributed by atoms with E-state index < -0.39 is 0 Å². The van der Waals surface area contributed by atoms with Gasteiger partial charge in [-0.15, -0.1) is 0 Å². The minimum atomic E-state index is 0.0276. The lowest BCUT2D eigenvalue weighted by Gasteiger charge is -2.16. The Morgan fingerprint density at radius 3 is 3.24 bits per heavy atom. The lowest BCUT2D eigenvalue weighted by atomic mass is 9.92. The number of pyridine rings is 1. The van der Waals surface area contributed by atoms with Crippen LogP contribution in [0.25, 0.3) is 0 Å². The van der Waals surface area contributed by atoms with Crippen molar-refractivity contribution in [1.82, 2.24) is 10.3 Å². The number of hydrogen-bond donors (Lipinski definition) is 1. The number of rotatable bonds is 5. The maximum Gasteiger partial charge on any atom is 0.145 e. The van der Waals surface area contributed by atoms with Gasteiger partial charge >= 0.3 is 0 Å². The molecule has 0 aliphatic heterocycles. The van der Waals surface area contributed by atoms with Crippen LogP contribution in [0.2, 0.25) is 0 Å². The highest BCUT2D eigenvalue weighted by Crippen LogP contribution is 2.33. The number of carbonyl (C=O) groups is 1. The van der Waals surface area contributed by atoms with Crippen molar-refractivity contribution in [3.05, 3.63) is 29.6 Å². The standard InChI is InChI=1S/C14H20N2O/c1-3-15-9-10(2)14(17)12-7-6-11-5-4-8-16-13(11)12/h4-5,8,10,12,15H,3,6-7,9H2,1-2H3. The molecule has 2 atom stereocenters. The summed E-state index contributed by atoms with van der Waals surface area (Å²) in [7, 11) is 0. The molecule has 17 heavy (non-hydrogen) atoms. The largest absolute Gasteiger partial charge is 0.316 e. The SMILES string of the molecule is CCNCC(C)C(=O)C1CCc2cccnc21. The molecule has 1 aromatic rings. The number of nitrogens with one attached hydrogen (secondary N) is 1. The van der Waals surface area contributed by atoms with E-state index in [9.17, 15) is 4.79 Å². The van der Waals surface area contributed by atoms with Crippen LogP contribution in [0.3, 0.4) is 0 Å². The van der Waals surface area contributed by atoms with E-state index in [1.54, 1.807) is 6.20 Å². The third kappa shape index (κ3) is 2.55. The molecule has 0 fully saturated rings. The van der Waals surface area contributed by atoms with Gasteiger partial charge in [0.15, 0.2) is 0 Å². The molecule has 0 spiro atoms. The molecule has 1 N–H and O–H groups in total. The van der Waals surface area contributed by atoms with Gasteiger partial charge in [0.1, 0.15) is 5.78 Å². The molecular formula is C14H20N2O. The predicted molar refractivity (Wildman–Crippen MR) is 68.0 cm³/mol. The topological polar surface area (TPSA) is 42.0 Å². The number of nitrogens with zero attached hydrogens (tertiary/aromatic N) is 1. The van der Waals surface area contributed by atoms with E-state index in [2.05, 4.69) is 23.3 Å². The van der Waals surface area contributed by atoms with E-state index in [0.29, 0.717) is 5.78 Å². The van der Waals surface area contributed by atoms with Gasteiger partial charge in [-0.25, -0.2) is 0 Å². The first-order valence-corrected chi connectivity index (χ1v) is 6.42. The summed E-state index contributed by atoms with van der Waals surface area (Å²) in [5.74, 6) is 0.441. The van der Waals surface area contributed by atoms with Gasteiger partial charge in [0.2, 0.25) is 0 Å². The minimum absolute atomic E-state index is 0.0276.